The third-order valence-corrected chi connectivity index (χ3v) is 19.3. The number of benzene rings is 1. The van der Waals surface area contributed by atoms with E-state index in [-0.39, 0.29) is 30.3 Å². The predicted octanol–water partition coefficient (Wildman–Crippen LogP) is 9.62. The van der Waals surface area contributed by atoms with E-state index < -0.39 is 101 Å². The summed E-state index contributed by atoms with van der Waals surface area (Å²) in [4.78, 5) is 67.5. The molecular weight excluding hydrogens is 1050 g/mol. The smallest absolute Gasteiger partial charge is 0.320 e. The molecular formula is C57H84Cl2N4O13S. The minimum atomic E-state index is -1.39. The van der Waals surface area contributed by atoms with Crippen LogP contribution >= 0.6 is 35.0 Å². The molecule has 15 atom stereocenters. The average Bonchev–Trinajstić information content (AvgIpc) is 4.07. The number of urea groups is 1. The van der Waals surface area contributed by atoms with Crippen molar-refractivity contribution in [3.05, 3.63) is 46.2 Å². The molecule has 20 heteroatoms. The number of halogens is 2. The molecule has 1 aliphatic carbocycles. The number of amides is 2. The lowest BCUT2D eigenvalue weighted by Gasteiger charge is -2.49. The monoisotopic (exact) mass is 1130 g/mol. The van der Waals surface area contributed by atoms with Crippen LogP contribution in [0.25, 0.3) is 0 Å². The van der Waals surface area contributed by atoms with Crippen molar-refractivity contribution in [2.24, 2.45) is 35.5 Å². The Morgan fingerprint density at radius 2 is 1.62 bits per heavy atom. The van der Waals surface area contributed by atoms with Gasteiger partial charge in [-0.15, -0.1) is 11.8 Å². The summed E-state index contributed by atoms with van der Waals surface area (Å²) < 4.78 is 51.3. The number of nitrogens with zero attached hydrogens (tertiary/aromatic N) is 4. The average molecular weight is 1140 g/mol. The van der Waals surface area contributed by atoms with Gasteiger partial charge in [0.25, 0.3) is 0 Å². The molecule has 1 aromatic carbocycles. The Hall–Kier alpha value is -3.62. The normalized spacial score (nSPS) is 34.7. The number of likely N-dealkylation sites (N-methyl/N-ethyl adjacent to an activating group) is 1. The maximum atomic E-state index is 15.2. The fourth-order valence-electron chi connectivity index (χ4n) is 12.5. The Balaban J connectivity index is 1.15. The zero-order valence-electron chi connectivity index (χ0n) is 47.2. The van der Waals surface area contributed by atoms with Crippen molar-refractivity contribution in [1.29, 1.82) is 0 Å². The van der Waals surface area contributed by atoms with Crippen LogP contribution in [-0.4, -0.2) is 156 Å². The van der Waals surface area contributed by atoms with Crippen LogP contribution in [0.4, 0.5) is 10.5 Å². The number of rotatable bonds is 15. The highest BCUT2D eigenvalue weighted by atomic mass is 35.5. The molecule has 2 amide bonds. The fourth-order valence-corrected chi connectivity index (χ4v) is 14.2. The standard InChI is InChI=1S/C57H84Cl2N4O13S/c1-13-46-57(10)47(50(53(67)76-57)77-31-71-44-20-19-38(26-45(44)73-39-17-15-16-18-39)62(14-2)30-40-41(58)28-60-29-42(40)59)37(8)48(64)32(3)27-56(9,69-12)51(35(6)34(5)36(7)52(66)74-46)75-54-49(65)43(25-33(4)72-54)61(11)55(68)63-21-23-70-24-22-63/h19-20,26,28-29,32-37,39,43,46-47,49-51,54,65H,13-18,21-25,27,30-31H2,1-12H3/t32-,33-,34+,35+,36-,37-,43+,46-,47+,49-,50+,51-,54+,56-,57-/m1/s1. The number of cyclic esters (lactones) is 1. The molecule has 1 aromatic heterocycles. The van der Waals surface area contributed by atoms with Crippen LogP contribution in [0.15, 0.2) is 30.6 Å². The minimum Gasteiger partial charge on any atom is -0.486 e. The van der Waals surface area contributed by atoms with Gasteiger partial charge in [-0.05, 0) is 96.6 Å². The van der Waals surface area contributed by atoms with Gasteiger partial charge >= 0.3 is 18.0 Å². The van der Waals surface area contributed by atoms with Gasteiger partial charge in [0.2, 0.25) is 0 Å². The summed E-state index contributed by atoms with van der Waals surface area (Å²) in [6, 6.07) is 4.93. The van der Waals surface area contributed by atoms with Crippen LogP contribution < -0.4 is 14.4 Å². The number of carbonyl (C=O) groups excluding carboxylic acids is 4. The fraction of sp³-hybridized carbons (Fsp3) is 0.737. The maximum Gasteiger partial charge on any atom is 0.320 e. The van der Waals surface area contributed by atoms with Crippen LogP contribution in [0.1, 0.15) is 120 Å². The van der Waals surface area contributed by atoms with E-state index in [4.69, 9.17) is 61.1 Å². The molecule has 1 N–H and O–H groups in total. The van der Waals surface area contributed by atoms with E-state index in [0.717, 1.165) is 36.9 Å². The van der Waals surface area contributed by atoms with E-state index in [1.807, 2.05) is 73.6 Å². The first kappa shape index (κ1) is 61.0. The van der Waals surface area contributed by atoms with E-state index in [1.165, 1.54) is 11.8 Å². The lowest BCUT2D eigenvalue weighted by atomic mass is 9.69. The molecule has 0 radical (unpaired) electrons. The Labute approximate surface area is 470 Å². The molecule has 1 saturated carbocycles. The third-order valence-electron chi connectivity index (χ3n) is 17.5. The molecule has 5 heterocycles. The number of aliphatic hydroxyl groups is 1. The number of carbonyl (C=O) groups is 4. The zero-order chi connectivity index (χ0) is 56.1. The van der Waals surface area contributed by atoms with Crippen molar-refractivity contribution in [3.63, 3.8) is 0 Å². The number of ketones is 1. The van der Waals surface area contributed by atoms with E-state index in [1.54, 1.807) is 43.3 Å². The highest BCUT2D eigenvalue weighted by Gasteiger charge is 2.62. The molecule has 77 heavy (non-hydrogen) atoms. The Kier molecular flexibility index (Phi) is 20.9. The van der Waals surface area contributed by atoms with Gasteiger partial charge in [-0.25, -0.2) is 4.79 Å². The van der Waals surface area contributed by atoms with Gasteiger partial charge in [0.1, 0.15) is 29.2 Å². The quantitative estimate of drug-likeness (QED) is 0.131. The van der Waals surface area contributed by atoms with Crippen molar-refractivity contribution in [1.82, 2.24) is 14.8 Å². The topological polar surface area (TPSA) is 185 Å². The molecule has 17 nitrogen and oxygen atoms in total. The Morgan fingerprint density at radius 3 is 2.26 bits per heavy atom. The van der Waals surface area contributed by atoms with Gasteiger partial charge in [0, 0.05) is 87.8 Å². The van der Waals surface area contributed by atoms with Gasteiger partial charge in [0.05, 0.1) is 59.1 Å². The highest BCUT2D eigenvalue weighted by molar-refractivity contribution is 8.00. The van der Waals surface area contributed by atoms with Crippen molar-refractivity contribution < 1.29 is 62.2 Å². The van der Waals surface area contributed by atoms with Crippen LogP contribution in [0.3, 0.4) is 0 Å². The molecule has 5 fully saturated rings. The predicted molar refractivity (Wildman–Crippen MR) is 295 cm³/mol. The first-order chi connectivity index (χ1) is 36.6. The SMILES string of the molecule is CC[C@H]1OC(=O)[C@H](C)[C@@H](C)[C@H](C)[C@@H](O[C@@H]2O[C@H](C)C[C@H](N(C)C(=O)N3CCOCC3)[C@H]2O)[C@](C)(OC)C[C@@H](C)C(=O)[C@H](C)[C@H]2[C@H](SCOc3ccc(N(CC)Cc4c(Cl)cncc4Cl)cc3OC3CCCC3)C(=O)O[C@@]21C. The molecule has 0 unspecified atom stereocenters. The van der Waals surface area contributed by atoms with Crippen molar-refractivity contribution in [3.8, 4) is 11.5 Å². The van der Waals surface area contributed by atoms with Crippen LogP contribution in [0.5, 0.6) is 11.5 Å². The minimum absolute atomic E-state index is 0.0123. The number of esters is 2. The number of Topliss-reactive ketones (excluding diaryl/α,β-unsaturated/α-hetero) is 1. The maximum absolute atomic E-state index is 15.2. The van der Waals surface area contributed by atoms with Gasteiger partial charge < -0.3 is 57.7 Å². The molecule has 0 bridgehead atoms. The number of thioether (sulfide) groups is 1. The largest absolute Gasteiger partial charge is 0.486 e. The zero-order valence-corrected chi connectivity index (χ0v) is 49.5. The molecule has 0 spiro atoms. The summed E-state index contributed by atoms with van der Waals surface area (Å²) in [5.74, 6) is -3.78. The first-order valence-corrected chi connectivity index (χ1v) is 29.6. The second kappa shape index (κ2) is 26.3. The summed E-state index contributed by atoms with van der Waals surface area (Å²) in [6.07, 6.45) is 3.43. The third kappa shape index (κ3) is 13.4. The van der Waals surface area contributed by atoms with Crippen molar-refractivity contribution >= 4 is 64.4 Å². The molecule has 5 aliphatic rings. The first-order valence-electron chi connectivity index (χ1n) is 27.8. The van der Waals surface area contributed by atoms with E-state index in [9.17, 15) is 19.5 Å². The van der Waals surface area contributed by atoms with E-state index in [0.29, 0.717) is 73.8 Å². The number of ether oxygens (including phenoxy) is 8. The van der Waals surface area contributed by atoms with Crippen LogP contribution in [0, 0.1) is 35.5 Å². The summed E-state index contributed by atoms with van der Waals surface area (Å²) in [5, 5.41) is 12.1. The highest BCUT2D eigenvalue weighted by Crippen LogP contribution is 2.50. The van der Waals surface area contributed by atoms with E-state index >= 15 is 4.79 Å². The molecule has 4 saturated heterocycles. The van der Waals surface area contributed by atoms with Gasteiger partial charge in [-0.1, -0.05) is 64.7 Å². The summed E-state index contributed by atoms with van der Waals surface area (Å²) in [5.41, 5.74) is -0.932. The molecule has 4 aliphatic heterocycles. The van der Waals surface area contributed by atoms with Gasteiger partial charge in [0.15, 0.2) is 23.4 Å². The Bertz CT molecular complexity index is 2340. The van der Waals surface area contributed by atoms with E-state index in [2.05, 4.69) is 16.8 Å². The number of aromatic nitrogens is 1. The van der Waals surface area contributed by atoms with Crippen LogP contribution in [0.2, 0.25) is 10.0 Å². The van der Waals surface area contributed by atoms with Crippen molar-refractivity contribution in [2.75, 3.05) is 57.8 Å². The number of anilines is 1. The number of hydrogen-bond donors (Lipinski definition) is 1. The molecule has 7 rings (SSSR count). The summed E-state index contributed by atoms with van der Waals surface area (Å²) >= 11 is 14.3. The number of methoxy groups -OCH3 is 1. The van der Waals surface area contributed by atoms with Crippen molar-refractivity contribution in [2.45, 2.75) is 180 Å². The van der Waals surface area contributed by atoms with Crippen LogP contribution in [-0.2, 0) is 49.3 Å². The number of aliphatic hydroxyl groups excluding tert-OH is 1. The molecule has 2 aromatic rings. The second-order valence-corrected chi connectivity index (χ2v) is 24.4. The number of fused-ring (bicyclic) bond motifs is 1. The summed E-state index contributed by atoms with van der Waals surface area (Å²) in [7, 11) is 3.25. The number of hydrogen-bond acceptors (Lipinski definition) is 16. The lowest BCUT2D eigenvalue weighted by molar-refractivity contribution is -0.298. The van der Waals surface area contributed by atoms with Gasteiger partial charge in [-0.3, -0.25) is 19.4 Å². The Morgan fingerprint density at radius 1 is 0.948 bits per heavy atom. The summed E-state index contributed by atoms with van der Waals surface area (Å²) in [6.45, 7) is 21.7. The lowest BCUT2D eigenvalue weighted by Crippen LogP contribution is -2.61. The number of morpholine rings is 1. The number of pyridine rings is 1. The molecule has 430 valence electrons. The second-order valence-electron chi connectivity index (χ2n) is 22.5. The van der Waals surface area contributed by atoms with Gasteiger partial charge in [-0.2, -0.15) is 0 Å².